The molecule has 1 atom stereocenters. The molecule has 0 radical (unpaired) electrons. The Hall–Kier alpha value is -0.610. The van der Waals surface area contributed by atoms with Crippen molar-refractivity contribution in [3.05, 3.63) is 0 Å². The Balaban J connectivity index is 1.62. The number of hydrogen-bond acceptors (Lipinski definition) is 3. The quantitative estimate of drug-likeness (QED) is 0.765. The number of hydrogen-bond donors (Lipinski definition) is 2. The highest BCUT2D eigenvalue weighted by Gasteiger charge is 2.30. The van der Waals surface area contributed by atoms with E-state index in [9.17, 15) is 9.90 Å². The molecular formula is C15H28N2O2. The smallest absolute Gasteiger partial charge is 0.234 e. The van der Waals surface area contributed by atoms with E-state index in [2.05, 4.69) is 12.2 Å². The molecule has 2 rings (SSSR count). The summed E-state index contributed by atoms with van der Waals surface area (Å²) in [4.78, 5) is 13.9. The molecule has 0 heterocycles. The third-order valence-corrected chi connectivity index (χ3v) is 4.46. The minimum absolute atomic E-state index is 0.102. The van der Waals surface area contributed by atoms with E-state index in [-0.39, 0.29) is 12.0 Å². The lowest BCUT2D eigenvalue weighted by Crippen LogP contribution is -2.44. The number of nitrogens with one attached hydrogen (secondary N) is 1. The van der Waals surface area contributed by atoms with Crippen LogP contribution in [0.2, 0.25) is 0 Å². The summed E-state index contributed by atoms with van der Waals surface area (Å²) in [6.45, 7) is 3.29. The molecule has 110 valence electrons. The van der Waals surface area contributed by atoms with E-state index in [0.29, 0.717) is 25.0 Å². The zero-order chi connectivity index (χ0) is 13.8. The van der Waals surface area contributed by atoms with Crippen molar-refractivity contribution in [1.29, 1.82) is 0 Å². The summed E-state index contributed by atoms with van der Waals surface area (Å²) >= 11 is 0. The average Bonchev–Trinajstić information content (AvgIpc) is 3.15. The highest BCUT2D eigenvalue weighted by atomic mass is 16.3. The van der Waals surface area contributed by atoms with Crippen molar-refractivity contribution in [1.82, 2.24) is 10.2 Å². The van der Waals surface area contributed by atoms with Gasteiger partial charge in [-0.15, -0.1) is 0 Å². The number of aliphatic hydroxyl groups is 1. The maximum Gasteiger partial charge on any atom is 0.234 e. The van der Waals surface area contributed by atoms with Crippen molar-refractivity contribution in [3.8, 4) is 0 Å². The molecule has 0 aromatic rings. The lowest BCUT2D eigenvalue weighted by Gasteiger charge is -2.28. The highest BCUT2D eigenvalue weighted by molar-refractivity contribution is 5.78. The molecular weight excluding hydrogens is 240 g/mol. The minimum Gasteiger partial charge on any atom is -0.392 e. The maximum atomic E-state index is 11.9. The van der Waals surface area contributed by atoms with Crippen molar-refractivity contribution in [2.75, 3.05) is 20.1 Å². The molecule has 2 aliphatic carbocycles. The van der Waals surface area contributed by atoms with Gasteiger partial charge < -0.3 is 10.4 Å². The van der Waals surface area contributed by atoms with Crippen LogP contribution in [0.4, 0.5) is 0 Å². The molecule has 0 bridgehead atoms. The number of carbonyl (C=O) groups is 1. The van der Waals surface area contributed by atoms with Gasteiger partial charge in [-0.25, -0.2) is 0 Å². The van der Waals surface area contributed by atoms with Crippen LogP contribution in [-0.2, 0) is 4.79 Å². The molecule has 1 unspecified atom stereocenters. The second-order valence-corrected chi connectivity index (χ2v) is 6.63. The zero-order valence-electron chi connectivity index (χ0n) is 12.3. The standard InChI is InChI=1S/C15H28N2O2/c1-11-3-7-13(8-4-11)16-15(19)10-17(2)9-14(18)12-5-6-12/h11-14,18H,3-10H2,1-2H3,(H,16,19). The Morgan fingerprint density at radius 3 is 2.47 bits per heavy atom. The molecule has 0 aliphatic heterocycles. The Morgan fingerprint density at radius 2 is 1.89 bits per heavy atom. The lowest BCUT2D eigenvalue weighted by molar-refractivity contribution is -0.123. The van der Waals surface area contributed by atoms with Gasteiger partial charge in [0.15, 0.2) is 0 Å². The third kappa shape index (κ3) is 5.11. The first-order valence-electron chi connectivity index (χ1n) is 7.70. The van der Waals surface area contributed by atoms with Crippen LogP contribution >= 0.6 is 0 Å². The summed E-state index contributed by atoms with van der Waals surface area (Å²) in [7, 11) is 1.91. The van der Waals surface area contributed by atoms with Crippen LogP contribution < -0.4 is 5.32 Å². The lowest BCUT2D eigenvalue weighted by atomic mass is 9.87. The van der Waals surface area contributed by atoms with Gasteiger partial charge in [-0.05, 0) is 57.4 Å². The van der Waals surface area contributed by atoms with Crippen LogP contribution in [0.15, 0.2) is 0 Å². The van der Waals surface area contributed by atoms with Gasteiger partial charge in [0, 0.05) is 12.6 Å². The first-order chi connectivity index (χ1) is 9.04. The first-order valence-corrected chi connectivity index (χ1v) is 7.70. The van der Waals surface area contributed by atoms with Crippen molar-refractivity contribution < 1.29 is 9.90 Å². The second kappa shape index (κ2) is 6.71. The van der Waals surface area contributed by atoms with Crippen molar-refractivity contribution in [2.24, 2.45) is 11.8 Å². The molecule has 0 saturated heterocycles. The fourth-order valence-corrected chi connectivity index (χ4v) is 2.94. The van der Waals surface area contributed by atoms with Crippen molar-refractivity contribution >= 4 is 5.91 Å². The van der Waals surface area contributed by atoms with E-state index in [4.69, 9.17) is 0 Å². The van der Waals surface area contributed by atoms with Gasteiger partial charge >= 0.3 is 0 Å². The average molecular weight is 268 g/mol. The number of likely N-dealkylation sites (N-methyl/N-ethyl adjacent to an activating group) is 1. The van der Waals surface area contributed by atoms with Gasteiger partial charge in [0.05, 0.1) is 12.6 Å². The molecule has 2 saturated carbocycles. The number of carbonyl (C=O) groups excluding carboxylic acids is 1. The number of aliphatic hydroxyl groups excluding tert-OH is 1. The van der Waals surface area contributed by atoms with Crippen LogP contribution in [0.25, 0.3) is 0 Å². The van der Waals surface area contributed by atoms with Crippen LogP contribution in [0.1, 0.15) is 45.4 Å². The van der Waals surface area contributed by atoms with E-state index < -0.39 is 0 Å². The summed E-state index contributed by atoms with van der Waals surface area (Å²) in [6, 6.07) is 0.366. The Bertz CT molecular complexity index is 297. The Morgan fingerprint density at radius 1 is 1.26 bits per heavy atom. The summed E-state index contributed by atoms with van der Waals surface area (Å²) in [5.74, 6) is 1.39. The van der Waals surface area contributed by atoms with Crippen molar-refractivity contribution in [2.45, 2.75) is 57.6 Å². The summed E-state index contributed by atoms with van der Waals surface area (Å²) in [5, 5.41) is 13.0. The van der Waals surface area contributed by atoms with Gasteiger partial charge in [-0.2, -0.15) is 0 Å². The Labute approximate surface area is 116 Å². The zero-order valence-corrected chi connectivity index (χ0v) is 12.3. The summed E-state index contributed by atoms with van der Waals surface area (Å²) in [6.07, 6.45) is 6.70. The summed E-state index contributed by atoms with van der Waals surface area (Å²) in [5.41, 5.74) is 0. The number of rotatable bonds is 6. The van der Waals surface area contributed by atoms with E-state index in [1.54, 1.807) is 0 Å². The molecule has 0 aromatic carbocycles. The van der Waals surface area contributed by atoms with Gasteiger partial charge in [-0.1, -0.05) is 6.92 Å². The van der Waals surface area contributed by atoms with Crippen LogP contribution in [0.5, 0.6) is 0 Å². The molecule has 2 aliphatic rings. The molecule has 2 fully saturated rings. The Kier molecular flexibility index (Phi) is 5.22. The van der Waals surface area contributed by atoms with Crippen LogP contribution in [-0.4, -0.2) is 48.2 Å². The first kappa shape index (κ1) is 14.8. The van der Waals surface area contributed by atoms with Crippen molar-refractivity contribution in [3.63, 3.8) is 0 Å². The molecule has 19 heavy (non-hydrogen) atoms. The van der Waals surface area contributed by atoms with Crippen LogP contribution in [0, 0.1) is 11.8 Å². The number of nitrogens with zero attached hydrogens (tertiary/aromatic N) is 1. The molecule has 1 amide bonds. The van der Waals surface area contributed by atoms with Gasteiger partial charge in [0.2, 0.25) is 5.91 Å². The van der Waals surface area contributed by atoms with Gasteiger partial charge in [0.25, 0.3) is 0 Å². The predicted octanol–water partition coefficient (Wildman–Crippen LogP) is 1.38. The fraction of sp³-hybridized carbons (Fsp3) is 0.933. The van der Waals surface area contributed by atoms with Crippen LogP contribution in [0.3, 0.4) is 0 Å². The topological polar surface area (TPSA) is 52.6 Å². The highest BCUT2D eigenvalue weighted by Crippen LogP contribution is 2.32. The van der Waals surface area contributed by atoms with E-state index in [1.165, 1.54) is 12.8 Å². The molecule has 4 nitrogen and oxygen atoms in total. The molecule has 4 heteroatoms. The SMILES string of the molecule is CC1CCC(NC(=O)CN(C)CC(O)C2CC2)CC1. The monoisotopic (exact) mass is 268 g/mol. The predicted molar refractivity (Wildman–Crippen MR) is 75.8 cm³/mol. The van der Waals surface area contributed by atoms with E-state index >= 15 is 0 Å². The molecule has 0 aromatic heterocycles. The second-order valence-electron chi connectivity index (χ2n) is 6.63. The van der Waals surface area contributed by atoms with Gasteiger partial charge in [-0.3, -0.25) is 9.69 Å². The third-order valence-electron chi connectivity index (χ3n) is 4.46. The summed E-state index contributed by atoms with van der Waals surface area (Å²) < 4.78 is 0. The van der Waals surface area contributed by atoms with Gasteiger partial charge in [0.1, 0.15) is 0 Å². The molecule has 2 N–H and O–H groups in total. The minimum atomic E-state index is -0.256. The van der Waals surface area contributed by atoms with E-state index in [1.807, 2.05) is 11.9 Å². The maximum absolute atomic E-state index is 11.9. The fourth-order valence-electron chi connectivity index (χ4n) is 2.94. The normalized spacial score (nSPS) is 29.3. The largest absolute Gasteiger partial charge is 0.392 e. The van der Waals surface area contributed by atoms with E-state index in [0.717, 1.165) is 31.6 Å². The molecule has 0 spiro atoms. The number of amides is 1.